The molecule has 0 spiro atoms. The molecule has 5 heteroatoms. The predicted octanol–water partition coefficient (Wildman–Crippen LogP) is 3.53. The Morgan fingerprint density at radius 1 is 1.08 bits per heavy atom. The first kappa shape index (κ1) is 15.6. The van der Waals surface area contributed by atoms with Crippen LogP contribution in [0.25, 0.3) is 0 Å². The summed E-state index contributed by atoms with van der Waals surface area (Å²) in [5.74, 6) is 0.180. The molecular formula is C20H18FN3O. The van der Waals surface area contributed by atoms with Crippen molar-refractivity contribution in [3.8, 4) is 0 Å². The van der Waals surface area contributed by atoms with E-state index in [9.17, 15) is 9.18 Å². The minimum Gasteiger partial charge on any atom is -0.302 e. The standard InChI is InChI=1S/C20H18FN3O/c1-20(13-15-7-3-2-4-8-15)18(25)23(19-22-11-12-24(19)20)14-16-9-5-6-10-17(16)21/h2-12H,13-14H2,1H3. The summed E-state index contributed by atoms with van der Waals surface area (Å²) in [6.45, 7) is 2.09. The molecule has 1 unspecified atom stereocenters. The van der Waals surface area contributed by atoms with Crippen LogP contribution in [0, 0.1) is 5.82 Å². The third kappa shape index (κ3) is 2.52. The molecule has 0 aliphatic carbocycles. The van der Waals surface area contributed by atoms with Gasteiger partial charge in [-0.3, -0.25) is 9.69 Å². The molecule has 3 aromatic rings. The third-order valence-corrected chi connectivity index (χ3v) is 4.78. The number of carbonyl (C=O) groups excluding carboxylic acids is 1. The molecule has 1 atom stereocenters. The Kier molecular flexibility index (Phi) is 3.64. The zero-order chi connectivity index (χ0) is 17.4. The van der Waals surface area contributed by atoms with Crippen molar-refractivity contribution in [2.24, 2.45) is 0 Å². The van der Waals surface area contributed by atoms with Crippen molar-refractivity contribution in [1.29, 1.82) is 0 Å². The smallest absolute Gasteiger partial charge is 0.256 e. The number of halogens is 1. The molecule has 0 bridgehead atoms. The van der Waals surface area contributed by atoms with Crippen molar-refractivity contribution >= 4 is 11.9 Å². The van der Waals surface area contributed by atoms with Gasteiger partial charge in [0.25, 0.3) is 5.91 Å². The minimum absolute atomic E-state index is 0.0669. The van der Waals surface area contributed by atoms with Crippen molar-refractivity contribution in [2.75, 3.05) is 4.90 Å². The number of hydrogen-bond acceptors (Lipinski definition) is 2. The van der Waals surface area contributed by atoms with Crippen molar-refractivity contribution < 1.29 is 9.18 Å². The van der Waals surface area contributed by atoms with E-state index in [1.807, 2.05) is 48.0 Å². The van der Waals surface area contributed by atoms with Gasteiger partial charge in [0.15, 0.2) is 0 Å². The van der Waals surface area contributed by atoms with Gasteiger partial charge in [0.2, 0.25) is 5.95 Å². The summed E-state index contributed by atoms with van der Waals surface area (Å²) in [5.41, 5.74) is 0.790. The fourth-order valence-electron chi connectivity index (χ4n) is 3.46. The maximum absolute atomic E-state index is 14.0. The highest BCUT2D eigenvalue weighted by molar-refractivity contribution is 6.01. The second kappa shape index (κ2) is 5.84. The van der Waals surface area contributed by atoms with Crippen molar-refractivity contribution in [2.45, 2.75) is 25.4 Å². The van der Waals surface area contributed by atoms with Crippen LogP contribution in [0.5, 0.6) is 0 Å². The highest BCUT2D eigenvalue weighted by Gasteiger charge is 2.47. The molecule has 0 saturated heterocycles. The number of fused-ring (bicyclic) bond motifs is 1. The van der Waals surface area contributed by atoms with E-state index in [0.29, 0.717) is 17.9 Å². The molecule has 126 valence electrons. The van der Waals surface area contributed by atoms with Gasteiger partial charge < -0.3 is 4.57 Å². The Morgan fingerprint density at radius 2 is 1.80 bits per heavy atom. The second-order valence-electron chi connectivity index (χ2n) is 6.52. The van der Waals surface area contributed by atoms with Gasteiger partial charge in [0.05, 0.1) is 6.54 Å². The lowest BCUT2D eigenvalue weighted by Gasteiger charge is -2.25. The molecule has 2 heterocycles. The molecule has 25 heavy (non-hydrogen) atoms. The Labute approximate surface area is 145 Å². The Morgan fingerprint density at radius 3 is 2.56 bits per heavy atom. The van der Waals surface area contributed by atoms with E-state index >= 15 is 0 Å². The first-order valence-electron chi connectivity index (χ1n) is 8.23. The third-order valence-electron chi connectivity index (χ3n) is 4.78. The summed E-state index contributed by atoms with van der Waals surface area (Å²) in [5, 5.41) is 0. The maximum atomic E-state index is 14.0. The lowest BCUT2D eigenvalue weighted by atomic mass is 9.92. The normalized spacial score (nSPS) is 19.3. The first-order chi connectivity index (χ1) is 12.1. The van der Waals surface area contributed by atoms with Gasteiger partial charge in [-0.15, -0.1) is 0 Å². The fraction of sp³-hybridized carbons (Fsp3) is 0.200. The second-order valence-corrected chi connectivity index (χ2v) is 6.52. The van der Waals surface area contributed by atoms with E-state index < -0.39 is 5.54 Å². The van der Waals surface area contributed by atoms with Crippen LogP contribution in [-0.4, -0.2) is 15.5 Å². The van der Waals surface area contributed by atoms with Crippen LogP contribution in [0.3, 0.4) is 0 Å². The number of aromatic nitrogens is 2. The molecule has 4 rings (SSSR count). The maximum Gasteiger partial charge on any atom is 0.256 e. The van der Waals surface area contributed by atoms with E-state index in [0.717, 1.165) is 5.56 Å². The van der Waals surface area contributed by atoms with Gasteiger partial charge in [0.1, 0.15) is 11.4 Å². The summed E-state index contributed by atoms with van der Waals surface area (Å²) in [6.07, 6.45) is 4.06. The van der Waals surface area contributed by atoms with E-state index in [2.05, 4.69) is 4.98 Å². The van der Waals surface area contributed by atoms with Crippen molar-refractivity contribution in [3.05, 3.63) is 83.9 Å². The lowest BCUT2D eigenvalue weighted by molar-refractivity contribution is -0.124. The van der Waals surface area contributed by atoms with Gasteiger partial charge in [-0.2, -0.15) is 0 Å². The molecule has 1 amide bonds. The minimum atomic E-state index is -0.765. The van der Waals surface area contributed by atoms with Crippen LogP contribution >= 0.6 is 0 Å². The highest BCUT2D eigenvalue weighted by atomic mass is 19.1. The molecule has 0 N–H and O–H groups in total. The number of anilines is 1. The number of rotatable bonds is 4. The number of imidazole rings is 1. The zero-order valence-corrected chi connectivity index (χ0v) is 13.9. The van der Waals surface area contributed by atoms with Crippen LogP contribution in [0.15, 0.2) is 67.0 Å². The molecule has 1 aromatic heterocycles. The van der Waals surface area contributed by atoms with Gasteiger partial charge in [-0.1, -0.05) is 48.5 Å². The summed E-state index contributed by atoms with van der Waals surface area (Å²) in [7, 11) is 0. The molecule has 0 radical (unpaired) electrons. The average molecular weight is 335 g/mol. The topological polar surface area (TPSA) is 38.1 Å². The number of benzene rings is 2. The monoisotopic (exact) mass is 335 g/mol. The van der Waals surface area contributed by atoms with E-state index in [1.54, 1.807) is 29.3 Å². The Hall–Kier alpha value is -2.95. The molecular weight excluding hydrogens is 317 g/mol. The van der Waals surface area contributed by atoms with E-state index in [4.69, 9.17) is 0 Å². The SMILES string of the molecule is CC1(Cc2ccccc2)C(=O)N(Cc2ccccc2F)c2nccn21. The van der Waals surface area contributed by atoms with Crippen LogP contribution in [0.1, 0.15) is 18.1 Å². The molecule has 1 aliphatic rings. The predicted molar refractivity (Wildman–Crippen MR) is 93.6 cm³/mol. The molecule has 0 saturated carbocycles. The molecule has 1 aliphatic heterocycles. The zero-order valence-electron chi connectivity index (χ0n) is 13.9. The van der Waals surface area contributed by atoms with Crippen LogP contribution < -0.4 is 4.90 Å². The lowest BCUT2D eigenvalue weighted by Crippen LogP contribution is -2.42. The van der Waals surface area contributed by atoms with Gasteiger partial charge >= 0.3 is 0 Å². The summed E-state index contributed by atoms with van der Waals surface area (Å²) >= 11 is 0. The largest absolute Gasteiger partial charge is 0.302 e. The fourth-order valence-corrected chi connectivity index (χ4v) is 3.46. The number of hydrogen-bond donors (Lipinski definition) is 0. The van der Waals surface area contributed by atoms with E-state index in [1.165, 1.54) is 6.07 Å². The summed E-state index contributed by atoms with van der Waals surface area (Å²) < 4.78 is 15.9. The van der Waals surface area contributed by atoms with Crippen molar-refractivity contribution in [1.82, 2.24) is 9.55 Å². The quantitative estimate of drug-likeness (QED) is 0.731. The summed E-state index contributed by atoms with van der Waals surface area (Å²) in [4.78, 5) is 19.1. The van der Waals surface area contributed by atoms with Crippen molar-refractivity contribution in [3.63, 3.8) is 0 Å². The number of nitrogens with zero attached hydrogens (tertiary/aromatic N) is 3. The Bertz CT molecular complexity index is 921. The molecule has 2 aromatic carbocycles. The van der Waals surface area contributed by atoms with Crippen LogP contribution in [0.2, 0.25) is 0 Å². The van der Waals surface area contributed by atoms with Crippen LogP contribution in [0.4, 0.5) is 10.3 Å². The van der Waals surface area contributed by atoms with Gasteiger partial charge in [-0.25, -0.2) is 9.37 Å². The Balaban J connectivity index is 1.70. The number of amides is 1. The highest BCUT2D eigenvalue weighted by Crippen LogP contribution is 2.37. The molecule has 4 nitrogen and oxygen atoms in total. The molecule has 0 fully saturated rings. The van der Waals surface area contributed by atoms with E-state index in [-0.39, 0.29) is 18.3 Å². The number of carbonyl (C=O) groups is 1. The first-order valence-corrected chi connectivity index (χ1v) is 8.23. The van der Waals surface area contributed by atoms with Gasteiger partial charge in [0, 0.05) is 24.4 Å². The summed E-state index contributed by atoms with van der Waals surface area (Å²) in [6, 6.07) is 16.4. The average Bonchev–Trinajstić information content (AvgIpc) is 3.17. The van der Waals surface area contributed by atoms with Crippen LogP contribution in [-0.2, 0) is 23.3 Å². The van der Waals surface area contributed by atoms with Gasteiger partial charge in [-0.05, 0) is 18.6 Å².